The number of carbonyl (C=O) groups is 2. The number of amides is 2. The van der Waals surface area contributed by atoms with Crippen LogP contribution >= 0.6 is 0 Å². The molecule has 0 spiro atoms. The molecule has 3 aliphatic rings. The van der Waals surface area contributed by atoms with Crippen LogP contribution in [0.15, 0.2) is 18.2 Å². The van der Waals surface area contributed by atoms with Crippen LogP contribution in [-0.2, 0) is 0 Å². The highest BCUT2D eigenvalue weighted by Gasteiger charge is 2.30. The van der Waals surface area contributed by atoms with E-state index in [9.17, 15) is 14.7 Å². The van der Waals surface area contributed by atoms with Crippen LogP contribution in [0.25, 0.3) is 0 Å². The molecule has 3 fully saturated rings. The summed E-state index contributed by atoms with van der Waals surface area (Å²) in [5.74, 6) is 0.0312. The van der Waals surface area contributed by atoms with E-state index in [1.54, 1.807) is 18.2 Å². The molecule has 1 aromatic carbocycles. The minimum absolute atomic E-state index is 0.0637. The Morgan fingerprint density at radius 3 is 1.44 bits per heavy atom. The van der Waals surface area contributed by atoms with Gasteiger partial charge in [0.1, 0.15) is 7.05 Å². The normalized spacial score (nSPS) is 21.1. The first-order valence-electron chi connectivity index (χ1n) is 14.4. The molecule has 0 atom stereocenters. The van der Waals surface area contributed by atoms with Crippen molar-refractivity contribution in [3.05, 3.63) is 34.9 Å². The average Bonchev–Trinajstić information content (AvgIpc) is 2.95. The first-order valence-corrected chi connectivity index (χ1v) is 14.4. The zero-order valence-corrected chi connectivity index (χ0v) is 22.7. The summed E-state index contributed by atoms with van der Waals surface area (Å²) in [6, 6.07) is 6.08. The third kappa shape index (κ3) is 6.12. The maximum absolute atomic E-state index is 13.6. The Kier molecular flexibility index (Phi) is 9.08. The van der Waals surface area contributed by atoms with Gasteiger partial charge in [-0.1, -0.05) is 44.9 Å². The van der Waals surface area contributed by atoms with E-state index in [0.29, 0.717) is 16.7 Å². The Balaban J connectivity index is 1.68. The molecule has 36 heavy (non-hydrogen) atoms. The van der Waals surface area contributed by atoms with Gasteiger partial charge in [-0.25, -0.2) is 0 Å². The standard InChI is InChI=1S/C30H45N3O3/c1-31(25-13-7-4-8-14-25)28(34)22-19-23(29(35)32(2)26-15-9-5-10-16-26)21-24(20-22)30(36)33(3)27-17-11-6-12-18-27/h19-21,25-27H,4-18H2,1-3H3/p+1. The lowest BCUT2D eigenvalue weighted by Crippen LogP contribution is -2.39. The quantitative estimate of drug-likeness (QED) is 0.309. The molecule has 0 unspecified atom stereocenters. The van der Waals surface area contributed by atoms with E-state index in [2.05, 4.69) is 0 Å². The van der Waals surface area contributed by atoms with E-state index >= 15 is 0 Å². The number of hydrogen-bond acceptors (Lipinski definition) is 2. The van der Waals surface area contributed by atoms with Gasteiger partial charge in [0, 0.05) is 50.1 Å². The molecule has 4 rings (SSSR count). The van der Waals surface area contributed by atoms with Crippen LogP contribution in [0, 0.1) is 0 Å². The van der Waals surface area contributed by atoms with Gasteiger partial charge in [-0.05, 0) is 56.7 Å². The lowest BCUT2D eigenvalue weighted by Gasteiger charge is -2.32. The number of carbonyl (C=O) groups excluding carboxylic acids is 2. The van der Waals surface area contributed by atoms with Gasteiger partial charge in [0.25, 0.3) is 11.8 Å². The molecule has 0 bridgehead atoms. The smallest absolute Gasteiger partial charge is 0.367 e. The highest BCUT2D eigenvalue weighted by Crippen LogP contribution is 2.26. The second kappa shape index (κ2) is 12.2. The van der Waals surface area contributed by atoms with Gasteiger partial charge < -0.3 is 14.9 Å². The number of benzene rings is 1. The molecular weight excluding hydrogens is 450 g/mol. The minimum atomic E-state index is -0.0637. The predicted octanol–water partition coefficient (Wildman–Crippen LogP) is 5.78. The number of aliphatic hydroxyl groups is 1. The number of nitrogens with zero attached hydrogens (tertiary/aromatic N) is 3. The van der Waals surface area contributed by atoms with Crippen molar-refractivity contribution < 1.29 is 19.3 Å². The maximum atomic E-state index is 13.6. The zero-order valence-electron chi connectivity index (χ0n) is 22.7. The molecule has 6 heteroatoms. The van der Waals surface area contributed by atoms with Crippen molar-refractivity contribution in [2.24, 2.45) is 0 Å². The number of aliphatic hydroxyl groups excluding tert-OH is 1. The average molecular weight is 497 g/mol. The fourth-order valence-electron chi connectivity index (χ4n) is 6.52. The van der Waals surface area contributed by atoms with Crippen LogP contribution in [0.1, 0.15) is 123 Å². The SMILES string of the molecule is CN(C(=O)c1cc(C(=O)N(C)C2CCCCC2)cc(C(O)=[N+](C)C2CCCCC2)c1)C1CCCCC1. The van der Waals surface area contributed by atoms with Crippen molar-refractivity contribution in [1.29, 1.82) is 0 Å². The van der Waals surface area contributed by atoms with Crippen LogP contribution < -0.4 is 0 Å². The molecule has 2 amide bonds. The largest absolute Gasteiger partial charge is 0.460 e. The van der Waals surface area contributed by atoms with Gasteiger partial charge in [0.15, 0.2) is 6.04 Å². The van der Waals surface area contributed by atoms with E-state index in [1.807, 2.05) is 35.5 Å². The molecule has 0 saturated heterocycles. The molecule has 1 N–H and O–H groups in total. The topological polar surface area (TPSA) is 63.9 Å². The summed E-state index contributed by atoms with van der Waals surface area (Å²) in [5, 5.41) is 11.3. The Bertz CT molecular complexity index is 900. The first-order chi connectivity index (χ1) is 17.4. The fraction of sp³-hybridized carbons (Fsp3) is 0.700. The van der Waals surface area contributed by atoms with Gasteiger partial charge in [-0.2, -0.15) is 4.58 Å². The molecule has 0 aromatic heterocycles. The monoisotopic (exact) mass is 496 g/mol. The summed E-state index contributed by atoms with van der Waals surface area (Å²) in [4.78, 5) is 31.0. The summed E-state index contributed by atoms with van der Waals surface area (Å²) in [5.41, 5.74) is 1.54. The second-order valence-corrected chi connectivity index (χ2v) is 11.4. The number of rotatable bonds is 6. The lowest BCUT2D eigenvalue weighted by atomic mass is 9.93. The van der Waals surface area contributed by atoms with Crippen molar-refractivity contribution in [2.75, 3.05) is 21.1 Å². The summed E-state index contributed by atoms with van der Waals surface area (Å²) in [6.07, 6.45) is 16.9. The van der Waals surface area contributed by atoms with Gasteiger partial charge in [0.05, 0.1) is 5.56 Å². The highest BCUT2D eigenvalue weighted by molar-refractivity contribution is 6.03. The molecule has 6 nitrogen and oxygen atoms in total. The van der Waals surface area contributed by atoms with E-state index in [1.165, 1.54) is 32.1 Å². The van der Waals surface area contributed by atoms with E-state index in [-0.39, 0.29) is 35.8 Å². The van der Waals surface area contributed by atoms with Crippen molar-refractivity contribution in [1.82, 2.24) is 9.80 Å². The van der Waals surface area contributed by atoms with E-state index < -0.39 is 0 Å². The summed E-state index contributed by atoms with van der Waals surface area (Å²) >= 11 is 0. The van der Waals surface area contributed by atoms with Gasteiger partial charge in [-0.15, -0.1) is 0 Å². The van der Waals surface area contributed by atoms with Crippen LogP contribution in [0.2, 0.25) is 0 Å². The molecule has 198 valence electrons. The summed E-state index contributed by atoms with van der Waals surface area (Å²) in [6.45, 7) is 0. The molecule has 0 aliphatic heterocycles. The Labute approximate surface area is 217 Å². The zero-order chi connectivity index (χ0) is 25.7. The minimum Gasteiger partial charge on any atom is -0.460 e. The van der Waals surface area contributed by atoms with E-state index in [4.69, 9.17) is 0 Å². The van der Waals surface area contributed by atoms with Crippen LogP contribution in [0.4, 0.5) is 0 Å². The van der Waals surface area contributed by atoms with Crippen molar-refractivity contribution in [3.63, 3.8) is 0 Å². The summed E-state index contributed by atoms with van der Waals surface area (Å²) in [7, 11) is 5.71. The molecule has 3 aliphatic carbocycles. The Hall–Kier alpha value is -2.37. The van der Waals surface area contributed by atoms with Crippen molar-refractivity contribution in [2.45, 2.75) is 114 Å². The van der Waals surface area contributed by atoms with Gasteiger partial charge >= 0.3 is 5.90 Å². The molecule has 0 radical (unpaired) electrons. The second-order valence-electron chi connectivity index (χ2n) is 11.4. The van der Waals surface area contributed by atoms with Crippen LogP contribution in [-0.4, -0.2) is 76.5 Å². The van der Waals surface area contributed by atoms with E-state index in [0.717, 1.165) is 64.2 Å². The van der Waals surface area contributed by atoms with Crippen LogP contribution in [0.3, 0.4) is 0 Å². The molecular formula is C30H46N3O3+. The van der Waals surface area contributed by atoms with Gasteiger partial charge in [0.2, 0.25) is 0 Å². The lowest BCUT2D eigenvalue weighted by molar-refractivity contribution is -0.548. The fourth-order valence-corrected chi connectivity index (χ4v) is 6.52. The Morgan fingerprint density at radius 2 is 1.03 bits per heavy atom. The predicted molar refractivity (Wildman–Crippen MR) is 144 cm³/mol. The van der Waals surface area contributed by atoms with Gasteiger partial charge in [-0.3, -0.25) is 9.59 Å². The van der Waals surface area contributed by atoms with Crippen molar-refractivity contribution in [3.8, 4) is 0 Å². The molecule has 1 aromatic rings. The molecule has 3 saturated carbocycles. The number of hydrogen-bond donors (Lipinski definition) is 1. The summed E-state index contributed by atoms with van der Waals surface area (Å²) < 4.78 is 1.95. The highest BCUT2D eigenvalue weighted by atomic mass is 16.3. The van der Waals surface area contributed by atoms with Crippen LogP contribution in [0.5, 0.6) is 0 Å². The third-order valence-electron chi connectivity index (χ3n) is 9.03. The maximum Gasteiger partial charge on any atom is 0.367 e. The third-order valence-corrected chi connectivity index (χ3v) is 9.03. The Morgan fingerprint density at radius 1 is 0.667 bits per heavy atom. The molecule has 0 heterocycles. The van der Waals surface area contributed by atoms with Crippen molar-refractivity contribution >= 4 is 17.7 Å². The first kappa shape index (κ1) is 26.7.